The highest BCUT2D eigenvalue weighted by Crippen LogP contribution is 1.72. The van der Waals surface area contributed by atoms with E-state index in [1.165, 1.54) is 0 Å². The minimum Gasteiger partial charge on any atom is -0.438 e. The van der Waals surface area contributed by atoms with Gasteiger partial charge in [-0.15, -0.1) is 0 Å². The van der Waals surface area contributed by atoms with Crippen LogP contribution in [0.1, 0.15) is 0 Å². The molecule has 0 aliphatic heterocycles. The zero-order valence-corrected chi connectivity index (χ0v) is 4.46. The zero-order chi connectivity index (χ0) is 7.28. The molecule has 0 unspecified atom stereocenters. The molecule has 0 heterocycles. The van der Waals surface area contributed by atoms with E-state index < -0.39 is 18.6 Å². The van der Waals surface area contributed by atoms with Crippen LogP contribution in [0.25, 0.3) is 0 Å². The lowest BCUT2D eigenvalue weighted by atomic mass is 10.7. The van der Waals surface area contributed by atoms with Gasteiger partial charge < -0.3 is 10.5 Å². The highest BCUT2D eigenvalue weighted by molar-refractivity contribution is 5.78. The highest BCUT2D eigenvalue weighted by atomic mass is 16.6. The van der Waals surface area contributed by atoms with Gasteiger partial charge in [0.1, 0.15) is 0 Å². The molecule has 0 aliphatic rings. The van der Waals surface area contributed by atoms with Gasteiger partial charge in [-0.25, -0.2) is 10.3 Å². The minimum atomic E-state index is -1.10. The number of amides is 2. The van der Waals surface area contributed by atoms with Crippen LogP contribution in [0.15, 0.2) is 0 Å². The molecule has 0 rings (SSSR count). The van der Waals surface area contributed by atoms with Crippen molar-refractivity contribution < 1.29 is 19.5 Å². The number of rotatable bonds is 2. The lowest BCUT2D eigenvalue weighted by molar-refractivity contribution is -0.121. The summed E-state index contributed by atoms with van der Waals surface area (Å²) in [6.07, 6.45) is -1.10. The molecule has 2 amide bonds. The number of hydroxylamine groups is 1. The molecule has 0 saturated carbocycles. The molecule has 0 fully saturated rings. The predicted octanol–water partition coefficient (Wildman–Crippen LogP) is -1.41. The Bertz CT molecular complexity index is 123. The quantitative estimate of drug-likeness (QED) is 0.319. The fraction of sp³-hybridized carbons (Fsp3) is 0.333. The molecule has 0 spiro atoms. The Kier molecular flexibility index (Phi) is 3.14. The van der Waals surface area contributed by atoms with E-state index in [0.717, 1.165) is 5.48 Å². The number of hydrogen-bond acceptors (Lipinski definition) is 4. The molecule has 9 heavy (non-hydrogen) atoms. The van der Waals surface area contributed by atoms with Gasteiger partial charge in [0.2, 0.25) is 0 Å². The van der Waals surface area contributed by atoms with Gasteiger partial charge in [-0.2, -0.15) is 0 Å². The maximum atomic E-state index is 9.93. The summed E-state index contributed by atoms with van der Waals surface area (Å²) >= 11 is 0. The zero-order valence-electron chi connectivity index (χ0n) is 4.46. The summed E-state index contributed by atoms with van der Waals surface area (Å²) in [6, 6.07) is 0. The number of carbonyl (C=O) groups is 2. The number of carbonyl (C=O) groups excluding carboxylic acids is 2. The number of nitrogens with two attached hydrogens (primary N) is 1. The average Bonchev–Trinajstić information content (AvgIpc) is 1.83. The molecule has 0 atom stereocenters. The minimum absolute atomic E-state index is 0.535. The van der Waals surface area contributed by atoms with E-state index in [0.29, 0.717) is 0 Å². The van der Waals surface area contributed by atoms with Gasteiger partial charge in [-0.1, -0.05) is 0 Å². The average molecular weight is 134 g/mol. The molecule has 0 aromatic rings. The van der Waals surface area contributed by atoms with Crippen molar-refractivity contribution in [3.63, 3.8) is 0 Å². The number of hydrogen-bond donors (Lipinski definition) is 3. The lowest BCUT2D eigenvalue weighted by Crippen LogP contribution is -2.26. The largest absolute Gasteiger partial charge is 0.438 e. The first-order chi connectivity index (χ1) is 4.16. The topological polar surface area (TPSA) is 102 Å². The number of nitrogens with one attached hydrogen (secondary N) is 1. The van der Waals surface area contributed by atoms with Crippen LogP contribution in [-0.4, -0.2) is 23.8 Å². The van der Waals surface area contributed by atoms with Gasteiger partial charge in [0, 0.05) is 0 Å². The second-order valence-corrected chi connectivity index (χ2v) is 1.15. The Labute approximate surface area is 50.5 Å². The normalized spacial score (nSPS) is 8.11. The third kappa shape index (κ3) is 4.56. The summed E-state index contributed by atoms with van der Waals surface area (Å²) in [4.78, 5) is 19.8. The van der Waals surface area contributed by atoms with Crippen molar-refractivity contribution in [2.45, 2.75) is 0 Å². The van der Waals surface area contributed by atoms with Crippen LogP contribution in [0.5, 0.6) is 0 Å². The first kappa shape index (κ1) is 7.70. The van der Waals surface area contributed by atoms with Crippen molar-refractivity contribution in [1.82, 2.24) is 5.48 Å². The Morgan fingerprint density at radius 3 is 2.56 bits per heavy atom. The Balaban J connectivity index is 3.28. The van der Waals surface area contributed by atoms with Crippen molar-refractivity contribution >= 4 is 12.0 Å². The Morgan fingerprint density at radius 2 is 2.22 bits per heavy atom. The smallest absolute Gasteiger partial charge is 0.431 e. The van der Waals surface area contributed by atoms with Crippen LogP contribution in [0, 0.1) is 0 Å². The van der Waals surface area contributed by atoms with Crippen LogP contribution in [-0.2, 0) is 9.53 Å². The summed E-state index contributed by atoms with van der Waals surface area (Å²) in [5, 5.41) is 7.77. The van der Waals surface area contributed by atoms with E-state index in [2.05, 4.69) is 10.5 Å². The van der Waals surface area contributed by atoms with Crippen LogP contribution >= 0.6 is 0 Å². The Morgan fingerprint density at radius 1 is 1.67 bits per heavy atom. The molecular formula is C3H6N2O4. The van der Waals surface area contributed by atoms with E-state index in [1.54, 1.807) is 0 Å². The lowest BCUT2D eigenvalue weighted by Gasteiger charge is -1.96. The first-order valence-corrected chi connectivity index (χ1v) is 2.02. The summed E-state index contributed by atoms with van der Waals surface area (Å²) in [5.41, 5.74) is 5.72. The van der Waals surface area contributed by atoms with Gasteiger partial charge in [-0.05, 0) is 0 Å². The van der Waals surface area contributed by atoms with Crippen LogP contribution in [0.4, 0.5) is 4.79 Å². The molecular weight excluding hydrogens is 128 g/mol. The third-order valence-electron chi connectivity index (χ3n) is 0.437. The number of primary amides is 1. The van der Waals surface area contributed by atoms with E-state index in [-0.39, 0.29) is 0 Å². The van der Waals surface area contributed by atoms with Gasteiger partial charge in [-0.3, -0.25) is 10.0 Å². The van der Waals surface area contributed by atoms with Gasteiger partial charge >= 0.3 is 6.09 Å². The molecule has 0 bridgehead atoms. The van der Waals surface area contributed by atoms with Crippen molar-refractivity contribution in [2.24, 2.45) is 5.73 Å². The predicted molar refractivity (Wildman–Crippen MR) is 25.5 cm³/mol. The molecule has 0 radical (unpaired) electrons. The maximum Gasteiger partial charge on any atom is 0.431 e. The Hall–Kier alpha value is -1.30. The standard InChI is InChI=1S/C3H6N2O4/c4-2(6)1-9-3(7)5-8/h8H,1H2,(H2,4,6)(H,5,7). The monoisotopic (exact) mass is 134 g/mol. The third-order valence-corrected chi connectivity index (χ3v) is 0.437. The van der Waals surface area contributed by atoms with E-state index in [9.17, 15) is 9.59 Å². The summed E-state index contributed by atoms with van der Waals surface area (Å²) < 4.78 is 3.98. The van der Waals surface area contributed by atoms with E-state index >= 15 is 0 Å². The maximum absolute atomic E-state index is 9.93. The number of ether oxygens (including phenoxy) is 1. The fourth-order valence-corrected chi connectivity index (χ4v) is 0.169. The van der Waals surface area contributed by atoms with Crippen LogP contribution < -0.4 is 11.2 Å². The highest BCUT2D eigenvalue weighted by Gasteiger charge is 1.99. The summed E-state index contributed by atoms with van der Waals surface area (Å²) in [6.45, 7) is -0.535. The fourth-order valence-electron chi connectivity index (χ4n) is 0.169. The molecule has 4 N–H and O–H groups in total. The first-order valence-electron chi connectivity index (χ1n) is 2.02. The van der Waals surface area contributed by atoms with Crippen molar-refractivity contribution in [3.05, 3.63) is 0 Å². The molecule has 0 saturated heterocycles. The van der Waals surface area contributed by atoms with Crippen molar-refractivity contribution in [2.75, 3.05) is 6.61 Å². The molecule has 6 heteroatoms. The summed E-state index contributed by atoms with van der Waals surface area (Å²) in [7, 11) is 0. The van der Waals surface area contributed by atoms with Crippen LogP contribution in [0.3, 0.4) is 0 Å². The van der Waals surface area contributed by atoms with Crippen molar-refractivity contribution in [3.8, 4) is 0 Å². The second kappa shape index (κ2) is 3.67. The molecule has 52 valence electrons. The van der Waals surface area contributed by atoms with E-state index in [1.807, 2.05) is 0 Å². The van der Waals surface area contributed by atoms with Crippen molar-refractivity contribution in [1.29, 1.82) is 0 Å². The molecule has 0 aromatic carbocycles. The van der Waals surface area contributed by atoms with Gasteiger partial charge in [0.15, 0.2) is 6.61 Å². The second-order valence-electron chi connectivity index (χ2n) is 1.15. The molecule has 6 nitrogen and oxygen atoms in total. The SMILES string of the molecule is NC(=O)COC(=O)NO. The summed E-state index contributed by atoms with van der Waals surface area (Å²) in [5.74, 6) is -0.779. The molecule has 0 aliphatic carbocycles. The van der Waals surface area contributed by atoms with E-state index in [4.69, 9.17) is 5.21 Å². The molecule has 0 aromatic heterocycles. The van der Waals surface area contributed by atoms with Crippen LogP contribution in [0.2, 0.25) is 0 Å². The van der Waals surface area contributed by atoms with Gasteiger partial charge in [0.25, 0.3) is 5.91 Å². The van der Waals surface area contributed by atoms with Gasteiger partial charge in [0.05, 0.1) is 0 Å².